The molecular formula is C20H19N3O4. The van der Waals surface area contributed by atoms with Gasteiger partial charge in [-0.15, -0.1) is 0 Å². The van der Waals surface area contributed by atoms with Gasteiger partial charge in [-0.05, 0) is 17.5 Å². The van der Waals surface area contributed by atoms with E-state index in [9.17, 15) is 19.2 Å². The normalized spacial score (nSPS) is 14.0. The molecule has 0 bridgehead atoms. The lowest BCUT2D eigenvalue weighted by Gasteiger charge is -2.15. The molecule has 138 valence electrons. The first-order valence-electron chi connectivity index (χ1n) is 8.58. The Labute approximate surface area is 156 Å². The standard InChI is InChI=1S/C20H19N3O4/c24-17(21-12-11-15-7-3-1-4-8-15)14-23-19(26)18(25)22(20(23)27)13-16-9-5-2-6-10-16/h1-10H,11-14H2,(H,21,24). The molecule has 2 aromatic carbocycles. The quantitative estimate of drug-likeness (QED) is 0.592. The number of imide groups is 2. The number of carbonyl (C=O) groups is 4. The zero-order chi connectivity index (χ0) is 19.2. The molecule has 0 unspecified atom stereocenters. The topological polar surface area (TPSA) is 86.8 Å². The molecule has 5 amide bonds. The van der Waals surface area contributed by atoms with Crippen LogP contribution in [-0.4, -0.2) is 46.6 Å². The molecule has 1 saturated heterocycles. The van der Waals surface area contributed by atoms with Crippen molar-refractivity contribution in [1.82, 2.24) is 15.1 Å². The maximum atomic E-state index is 12.4. The summed E-state index contributed by atoms with van der Waals surface area (Å²) in [6.07, 6.45) is 0.632. The second-order valence-corrected chi connectivity index (χ2v) is 6.14. The third-order valence-corrected chi connectivity index (χ3v) is 4.20. The summed E-state index contributed by atoms with van der Waals surface area (Å²) in [7, 11) is 0. The molecule has 0 radical (unpaired) electrons. The monoisotopic (exact) mass is 365 g/mol. The first kappa shape index (κ1) is 18.3. The summed E-state index contributed by atoms with van der Waals surface area (Å²) in [4.78, 5) is 50.2. The smallest absolute Gasteiger partial charge is 0.335 e. The van der Waals surface area contributed by atoms with E-state index in [2.05, 4.69) is 5.32 Å². The zero-order valence-electron chi connectivity index (χ0n) is 14.6. The molecule has 1 aliphatic rings. The molecule has 7 nitrogen and oxygen atoms in total. The van der Waals surface area contributed by atoms with E-state index >= 15 is 0 Å². The van der Waals surface area contributed by atoms with E-state index < -0.39 is 30.3 Å². The second kappa shape index (κ2) is 8.27. The molecule has 27 heavy (non-hydrogen) atoms. The molecule has 0 saturated carbocycles. The van der Waals surface area contributed by atoms with Gasteiger partial charge in [-0.1, -0.05) is 60.7 Å². The van der Waals surface area contributed by atoms with Gasteiger partial charge in [-0.2, -0.15) is 0 Å². The average molecular weight is 365 g/mol. The van der Waals surface area contributed by atoms with Crippen molar-refractivity contribution in [2.24, 2.45) is 0 Å². The number of nitrogens with one attached hydrogen (secondary N) is 1. The van der Waals surface area contributed by atoms with Crippen LogP contribution in [0.3, 0.4) is 0 Å². The molecule has 7 heteroatoms. The Kier molecular flexibility index (Phi) is 5.61. The summed E-state index contributed by atoms with van der Waals surface area (Å²) in [5.41, 5.74) is 1.79. The van der Waals surface area contributed by atoms with Gasteiger partial charge in [0.1, 0.15) is 6.54 Å². The minimum Gasteiger partial charge on any atom is -0.354 e. The van der Waals surface area contributed by atoms with Crippen molar-refractivity contribution in [2.75, 3.05) is 13.1 Å². The summed E-state index contributed by atoms with van der Waals surface area (Å²) >= 11 is 0. The molecule has 0 spiro atoms. The van der Waals surface area contributed by atoms with E-state index in [-0.39, 0.29) is 6.54 Å². The molecule has 0 aromatic heterocycles. The predicted molar refractivity (Wildman–Crippen MR) is 97.3 cm³/mol. The molecule has 0 aliphatic carbocycles. The molecule has 2 aromatic rings. The van der Waals surface area contributed by atoms with Gasteiger partial charge >= 0.3 is 17.8 Å². The Hall–Kier alpha value is -3.48. The molecule has 0 atom stereocenters. The molecule has 3 rings (SSSR count). The van der Waals surface area contributed by atoms with E-state index in [1.807, 2.05) is 36.4 Å². The Bertz CT molecular complexity index is 852. The molecule has 1 heterocycles. The number of carbonyl (C=O) groups excluding carboxylic acids is 4. The Morgan fingerprint density at radius 2 is 1.33 bits per heavy atom. The number of urea groups is 1. The van der Waals surface area contributed by atoms with E-state index in [1.165, 1.54) is 0 Å². The average Bonchev–Trinajstić information content (AvgIpc) is 2.88. The van der Waals surface area contributed by atoms with Crippen LogP contribution in [0, 0.1) is 0 Å². The van der Waals surface area contributed by atoms with E-state index in [4.69, 9.17) is 0 Å². The van der Waals surface area contributed by atoms with Crippen molar-refractivity contribution in [1.29, 1.82) is 0 Å². The van der Waals surface area contributed by atoms with Crippen molar-refractivity contribution in [3.05, 3.63) is 71.8 Å². The lowest BCUT2D eigenvalue weighted by Crippen LogP contribution is -2.41. The minimum absolute atomic E-state index is 0.00360. The van der Waals surface area contributed by atoms with Crippen molar-refractivity contribution in [2.45, 2.75) is 13.0 Å². The van der Waals surface area contributed by atoms with Crippen LogP contribution in [0.1, 0.15) is 11.1 Å². The number of amides is 5. The summed E-state index contributed by atoms with van der Waals surface area (Å²) in [6, 6.07) is 17.7. The minimum atomic E-state index is -0.978. The summed E-state index contributed by atoms with van der Waals surface area (Å²) in [5, 5.41) is 2.66. The van der Waals surface area contributed by atoms with Gasteiger partial charge in [0, 0.05) is 6.54 Å². The van der Waals surface area contributed by atoms with Gasteiger partial charge in [-0.3, -0.25) is 19.3 Å². The van der Waals surface area contributed by atoms with Gasteiger partial charge in [0.2, 0.25) is 5.91 Å². The fraction of sp³-hybridized carbons (Fsp3) is 0.200. The van der Waals surface area contributed by atoms with Gasteiger partial charge < -0.3 is 5.32 Å². The predicted octanol–water partition coefficient (Wildman–Crippen LogP) is 1.34. The summed E-state index contributed by atoms with van der Waals surface area (Å²) < 4.78 is 0. The highest BCUT2D eigenvalue weighted by Crippen LogP contribution is 2.15. The number of hydrogen-bond donors (Lipinski definition) is 1. The van der Waals surface area contributed by atoms with Crippen LogP contribution in [0.2, 0.25) is 0 Å². The maximum absolute atomic E-state index is 12.4. The lowest BCUT2D eigenvalue weighted by atomic mass is 10.1. The Balaban J connectivity index is 1.54. The van der Waals surface area contributed by atoms with Gasteiger partial charge in [0.25, 0.3) is 0 Å². The number of hydrogen-bond acceptors (Lipinski definition) is 4. The summed E-state index contributed by atoms with van der Waals surface area (Å²) in [5.74, 6) is -2.38. The van der Waals surface area contributed by atoms with Crippen LogP contribution in [-0.2, 0) is 27.3 Å². The molecule has 1 aliphatic heterocycles. The fourth-order valence-electron chi connectivity index (χ4n) is 2.79. The van der Waals surface area contributed by atoms with E-state index in [1.54, 1.807) is 24.3 Å². The number of rotatable bonds is 7. The van der Waals surface area contributed by atoms with Crippen molar-refractivity contribution in [3.63, 3.8) is 0 Å². The van der Waals surface area contributed by atoms with Crippen LogP contribution in [0.15, 0.2) is 60.7 Å². The third kappa shape index (κ3) is 4.38. The summed E-state index contributed by atoms with van der Waals surface area (Å²) in [6.45, 7) is -0.0966. The van der Waals surface area contributed by atoms with Crippen LogP contribution >= 0.6 is 0 Å². The van der Waals surface area contributed by atoms with Crippen molar-refractivity contribution in [3.8, 4) is 0 Å². The SMILES string of the molecule is O=C(CN1C(=O)C(=O)N(Cc2ccccc2)C1=O)NCCc1ccccc1. The maximum Gasteiger partial charge on any atom is 0.335 e. The van der Waals surface area contributed by atoms with Crippen LogP contribution in [0.25, 0.3) is 0 Å². The molecular weight excluding hydrogens is 346 g/mol. The van der Waals surface area contributed by atoms with Crippen LogP contribution in [0.5, 0.6) is 0 Å². The highest BCUT2D eigenvalue weighted by atomic mass is 16.2. The lowest BCUT2D eigenvalue weighted by molar-refractivity contribution is -0.144. The van der Waals surface area contributed by atoms with Crippen LogP contribution < -0.4 is 5.32 Å². The number of nitrogens with zero attached hydrogens (tertiary/aromatic N) is 2. The fourth-order valence-corrected chi connectivity index (χ4v) is 2.79. The van der Waals surface area contributed by atoms with Gasteiger partial charge in [0.05, 0.1) is 6.54 Å². The Morgan fingerprint density at radius 3 is 1.96 bits per heavy atom. The first-order chi connectivity index (χ1) is 13.1. The van der Waals surface area contributed by atoms with Crippen LogP contribution in [0.4, 0.5) is 4.79 Å². The number of benzene rings is 2. The van der Waals surface area contributed by atoms with Gasteiger partial charge in [0.15, 0.2) is 0 Å². The highest BCUT2D eigenvalue weighted by molar-refractivity contribution is 6.44. The highest BCUT2D eigenvalue weighted by Gasteiger charge is 2.45. The first-order valence-corrected chi connectivity index (χ1v) is 8.58. The molecule has 1 N–H and O–H groups in total. The van der Waals surface area contributed by atoms with Crippen molar-refractivity contribution < 1.29 is 19.2 Å². The molecule has 1 fully saturated rings. The van der Waals surface area contributed by atoms with Crippen molar-refractivity contribution >= 4 is 23.8 Å². The third-order valence-electron chi connectivity index (χ3n) is 4.20. The Morgan fingerprint density at radius 1 is 0.778 bits per heavy atom. The van der Waals surface area contributed by atoms with Gasteiger partial charge in [-0.25, -0.2) is 9.69 Å². The largest absolute Gasteiger partial charge is 0.354 e. The van der Waals surface area contributed by atoms with E-state index in [0.29, 0.717) is 17.9 Å². The van der Waals surface area contributed by atoms with E-state index in [0.717, 1.165) is 16.0 Å². The zero-order valence-corrected chi connectivity index (χ0v) is 14.6. The second-order valence-electron chi connectivity index (χ2n) is 6.14.